The Kier molecular flexibility index (Phi) is 3.84. The SMILES string of the molecule is O=c1c2cccc(Cl)c2[nH]c2cc(OS(=O)(=O)C(F)(F)F)cc(O)c12. The van der Waals surface area contributed by atoms with Gasteiger partial charge in [-0.25, -0.2) is 0 Å². The molecule has 132 valence electrons. The number of aromatic amines is 1. The first kappa shape index (κ1) is 17.4. The highest BCUT2D eigenvalue weighted by atomic mass is 35.5. The van der Waals surface area contributed by atoms with Crippen molar-refractivity contribution in [2.24, 2.45) is 0 Å². The molecule has 0 aliphatic heterocycles. The van der Waals surface area contributed by atoms with Crippen molar-refractivity contribution in [1.82, 2.24) is 4.98 Å². The topological polar surface area (TPSA) is 96.5 Å². The Morgan fingerprint density at radius 3 is 2.52 bits per heavy atom. The van der Waals surface area contributed by atoms with E-state index in [1.165, 1.54) is 18.2 Å². The number of H-pyrrole nitrogens is 1. The Hall–Kier alpha value is -2.46. The van der Waals surface area contributed by atoms with Crippen molar-refractivity contribution in [3.05, 3.63) is 45.6 Å². The van der Waals surface area contributed by atoms with Crippen LogP contribution in [0.5, 0.6) is 11.5 Å². The maximum absolute atomic E-state index is 12.4. The maximum atomic E-state index is 12.4. The summed E-state index contributed by atoms with van der Waals surface area (Å²) < 4.78 is 63.4. The third-order valence-electron chi connectivity index (χ3n) is 3.33. The first-order valence-corrected chi connectivity index (χ1v) is 8.28. The molecule has 0 bridgehead atoms. The van der Waals surface area contributed by atoms with Gasteiger partial charge in [0.2, 0.25) is 5.43 Å². The minimum Gasteiger partial charge on any atom is -0.507 e. The number of benzene rings is 2. The second kappa shape index (κ2) is 5.53. The smallest absolute Gasteiger partial charge is 0.507 e. The molecule has 0 fully saturated rings. The zero-order valence-corrected chi connectivity index (χ0v) is 13.5. The summed E-state index contributed by atoms with van der Waals surface area (Å²) in [7, 11) is -5.93. The molecule has 0 aliphatic carbocycles. The van der Waals surface area contributed by atoms with Gasteiger partial charge in [0.1, 0.15) is 11.5 Å². The summed E-state index contributed by atoms with van der Waals surface area (Å²) >= 11 is 5.97. The molecule has 1 aromatic heterocycles. The van der Waals surface area contributed by atoms with E-state index in [9.17, 15) is 31.5 Å². The van der Waals surface area contributed by atoms with Gasteiger partial charge in [0.25, 0.3) is 0 Å². The van der Waals surface area contributed by atoms with Crippen molar-refractivity contribution in [3.63, 3.8) is 0 Å². The molecule has 1 heterocycles. The summed E-state index contributed by atoms with van der Waals surface area (Å²) in [5.41, 5.74) is -6.23. The predicted molar refractivity (Wildman–Crippen MR) is 84.4 cm³/mol. The van der Waals surface area contributed by atoms with Crippen LogP contribution in [-0.4, -0.2) is 24.0 Å². The predicted octanol–water partition coefficient (Wildman–Crippen LogP) is 3.27. The minimum absolute atomic E-state index is 0.141. The molecule has 0 aliphatic rings. The van der Waals surface area contributed by atoms with E-state index < -0.39 is 32.6 Å². The molecule has 2 N–H and O–H groups in total. The van der Waals surface area contributed by atoms with Crippen molar-refractivity contribution in [3.8, 4) is 11.5 Å². The number of hydrogen-bond donors (Lipinski definition) is 2. The van der Waals surface area contributed by atoms with Gasteiger partial charge in [-0.05, 0) is 12.1 Å². The molecule has 3 rings (SSSR count). The van der Waals surface area contributed by atoms with Crippen molar-refractivity contribution in [2.75, 3.05) is 0 Å². The van der Waals surface area contributed by atoms with Gasteiger partial charge in [-0.1, -0.05) is 17.7 Å². The van der Waals surface area contributed by atoms with Gasteiger partial charge in [-0.15, -0.1) is 0 Å². The first-order chi connectivity index (χ1) is 11.5. The van der Waals surface area contributed by atoms with Gasteiger partial charge in [0.15, 0.2) is 0 Å². The molecule has 25 heavy (non-hydrogen) atoms. The standard InChI is InChI=1S/C14H7ClF3NO5S/c15-8-3-1-2-7-12(8)19-9-4-6(5-10(20)11(9)13(7)21)24-25(22,23)14(16,17)18/h1-5,20H,(H,19,21). The largest absolute Gasteiger partial charge is 0.534 e. The number of rotatable bonds is 2. The van der Waals surface area contributed by atoms with Crippen molar-refractivity contribution in [1.29, 1.82) is 0 Å². The number of hydrogen-bond acceptors (Lipinski definition) is 5. The molecule has 0 saturated carbocycles. The van der Waals surface area contributed by atoms with Gasteiger partial charge >= 0.3 is 15.6 Å². The fourth-order valence-electron chi connectivity index (χ4n) is 2.27. The van der Waals surface area contributed by atoms with E-state index in [1.807, 2.05) is 0 Å². The second-order valence-corrected chi connectivity index (χ2v) is 6.91. The van der Waals surface area contributed by atoms with Gasteiger partial charge in [0, 0.05) is 17.5 Å². The second-order valence-electron chi connectivity index (χ2n) is 4.96. The Bertz CT molecular complexity index is 1170. The number of phenolic OH excluding ortho intramolecular Hbond substituents is 1. The third kappa shape index (κ3) is 2.87. The van der Waals surface area contributed by atoms with Crippen LogP contribution in [-0.2, 0) is 10.1 Å². The summed E-state index contributed by atoms with van der Waals surface area (Å²) in [4.78, 5) is 15.1. The summed E-state index contributed by atoms with van der Waals surface area (Å²) in [5, 5.41) is 10.0. The van der Waals surface area contributed by atoms with Crippen LogP contribution < -0.4 is 9.61 Å². The van der Waals surface area contributed by atoms with Crippen molar-refractivity contribution < 1.29 is 30.9 Å². The number of halogens is 4. The van der Waals surface area contributed by atoms with E-state index >= 15 is 0 Å². The number of nitrogens with one attached hydrogen (secondary N) is 1. The summed E-state index contributed by atoms with van der Waals surface area (Å²) in [6.07, 6.45) is 0. The quantitative estimate of drug-likeness (QED) is 0.396. The molecule has 0 unspecified atom stereocenters. The fourth-order valence-corrected chi connectivity index (χ4v) is 2.94. The molecule has 0 amide bonds. The van der Waals surface area contributed by atoms with E-state index in [4.69, 9.17) is 11.6 Å². The van der Waals surface area contributed by atoms with Crippen molar-refractivity contribution >= 4 is 43.5 Å². The zero-order valence-electron chi connectivity index (χ0n) is 11.9. The molecule has 3 aromatic rings. The third-order valence-corrected chi connectivity index (χ3v) is 4.62. The van der Waals surface area contributed by atoms with Crippen LogP contribution in [0.4, 0.5) is 13.2 Å². The van der Waals surface area contributed by atoms with Crippen LogP contribution in [0.15, 0.2) is 35.1 Å². The lowest BCUT2D eigenvalue weighted by atomic mass is 10.1. The normalized spacial score (nSPS) is 12.6. The first-order valence-electron chi connectivity index (χ1n) is 6.49. The van der Waals surface area contributed by atoms with Gasteiger partial charge in [-0.2, -0.15) is 21.6 Å². The molecule has 0 radical (unpaired) electrons. The number of alkyl halides is 3. The molecular weight excluding hydrogens is 387 g/mol. The number of pyridine rings is 1. The lowest BCUT2D eigenvalue weighted by Gasteiger charge is -2.11. The van der Waals surface area contributed by atoms with Crippen LogP contribution in [0.1, 0.15) is 0 Å². The monoisotopic (exact) mass is 393 g/mol. The van der Waals surface area contributed by atoms with Gasteiger partial charge < -0.3 is 14.3 Å². The van der Waals surface area contributed by atoms with E-state index in [1.54, 1.807) is 0 Å². The number of aromatic hydroxyl groups is 1. The zero-order chi connectivity index (χ0) is 18.6. The van der Waals surface area contributed by atoms with E-state index in [0.717, 1.165) is 6.07 Å². The van der Waals surface area contributed by atoms with Crippen LogP contribution in [0.25, 0.3) is 21.8 Å². The average Bonchev–Trinajstić information content (AvgIpc) is 2.46. The molecule has 6 nitrogen and oxygen atoms in total. The number of aromatic nitrogens is 1. The maximum Gasteiger partial charge on any atom is 0.534 e. The van der Waals surface area contributed by atoms with Crippen LogP contribution in [0, 0.1) is 0 Å². The number of para-hydroxylation sites is 1. The summed E-state index contributed by atoms with van der Waals surface area (Å²) in [6, 6.07) is 5.88. The fraction of sp³-hybridized carbons (Fsp3) is 0.0714. The molecule has 2 aromatic carbocycles. The van der Waals surface area contributed by atoms with E-state index in [-0.39, 0.29) is 26.8 Å². The average molecular weight is 394 g/mol. The van der Waals surface area contributed by atoms with Crippen LogP contribution >= 0.6 is 11.6 Å². The lowest BCUT2D eigenvalue weighted by Crippen LogP contribution is -2.28. The Labute approximate surface area is 142 Å². The van der Waals surface area contributed by atoms with Gasteiger partial charge in [-0.3, -0.25) is 4.79 Å². The molecule has 0 spiro atoms. The van der Waals surface area contributed by atoms with Crippen molar-refractivity contribution in [2.45, 2.75) is 5.51 Å². The lowest BCUT2D eigenvalue weighted by molar-refractivity contribution is -0.0500. The summed E-state index contributed by atoms with van der Waals surface area (Å²) in [5.74, 6) is -1.56. The van der Waals surface area contributed by atoms with Crippen LogP contribution in [0.2, 0.25) is 5.02 Å². The van der Waals surface area contributed by atoms with Crippen LogP contribution in [0.3, 0.4) is 0 Å². The molecule has 11 heteroatoms. The summed E-state index contributed by atoms with van der Waals surface area (Å²) in [6.45, 7) is 0. The molecular formula is C14H7ClF3NO5S. The van der Waals surface area contributed by atoms with E-state index in [0.29, 0.717) is 6.07 Å². The number of fused-ring (bicyclic) bond motifs is 2. The Morgan fingerprint density at radius 2 is 1.88 bits per heavy atom. The highest BCUT2D eigenvalue weighted by molar-refractivity contribution is 7.88. The Morgan fingerprint density at radius 1 is 1.20 bits per heavy atom. The molecule has 0 saturated heterocycles. The number of phenols is 1. The highest BCUT2D eigenvalue weighted by Crippen LogP contribution is 2.33. The van der Waals surface area contributed by atoms with E-state index in [2.05, 4.69) is 9.17 Å². The minimum atomic E-state index is -5.93. The van der Waals surface area contributed by atoms with Gasteiger partial charge in [0.05, 0.1) is 21.4 Å². The molecule has 0 atom stereocenters. The highest BCUT2D eigenvalue weighted by Gasteiger charge is 2.48. The Balaban J connectivity index is 2.28.